The van der Waals surface area contributed by atoms with Crippen LogP contribution in [0.3, 0.4) is 0 Å². The zero-order valence-electron chi connectivity index (χ0n) is 17.5. The zero-order chi connectivity index (χ0) is 21.5. The molecule has 2 aromatic heterocycles. The number of carbonyl (C=O) groups is 3. The Morgan fingerprint density at radius 3 is 2.67 bits per heavy atom. The highest BCUT2D eigenvalue weighted by Crippen LogP contribution is 2.25. The van der Waals surface area contributed by atoms with E-state index in [0.717, 1.165) is 18.5 Å². The summed E-state index contributed by atoms with van der Waals surface area (Å²) in [6.07, 6.45) is 4.85. The van der Waals surface area contributed by atoms with Gasteiger partial charge in [-0.3, -0.25) is 19.4 Å². The van der Waals surface area contributed by atoms with E-state index >= 15 is 0 Å². The summed E-state index contributed by atoms with van der Waals surface area (Å²) in [5, 5.41) is 2.90. The number of ether oxygens (including phenoxy) is 1. The molecule has 1 aliphatic heterocycles. The molecule has 0 spiro atoms. The van der Waals surface area contributed by atoms with Gasteiger partial charge in [0, 0.05) is 25.3 Å². The predicted octanol–water partition coefficient (Wildman–Crippen LogP) is 1.96. The van der Waals surface area contributed by atoms with Gasteiger partial charge in [-0.2, -0.15) is 0 Å². The van der Waals surface area contributed by atoms with E-state index in [9.17, 15) is 14.4 Å². The smallest absolute Gasteiger partial charge is 0.411 e. The third-order valence-electron chi connectivity index (χ3n) is 5.07. The molecule has 30 heavy (non-hydrogen) atoms. The number of pyridine rings is 1. The van der Waals surface area contributed by atoms with Crippen LogP contribution in [-0.2, 0) is 14.3 Å². The fourth-order valence-corrected chi connectivity index (χ4v) is 3.49. The van der Waals surface area contributed by atoms with Gasteiger partial charge in [0.2, 0.25) is 5.91 Å². The Morgan fingerprint density at radius 2 is 2.00 bits per heavy atom. The first-order valence-corrected chi connectivity index (χ1v) is 10.3. The van der Waals surface area contributed by atoms with Crippen molar-refractivity contribution in [3.63, 3.8) is 0 Å². The van der Waals surface area contributed by atoms with E-state index in [0.29, 0.717) is 5.82 Å². The average Bonchev–Trinajstić information content (AvgIpc) is 3.36. The van der Waals surface area contributed by atoms with E-state index in [4.69, 9.17) is 4.74 Å². The maximum atomic E-state index is 13.4. The minimum Gasteiger partial charge on any atom is -0.444 e. The molecule has 1 unspecified atom stereocenters. The summed E-state index contributed by atoms with van der Waals surface area (Å²) in [6, 6.07) is 4.86. The van der Waals surface area contributed by atoms with Crippen LogP contribution in [-0.4, -0.2) is 63.0 Å². The summed E-state index contributed by atoms with van der Waals surface area (Å²) in [7, 11) is 0. The largest absolute Gasteiger partial charge is 0.444 e. The van der Waals surface area contributed by atoms with Crippen molar-refractivity contribution in [1.82, 2.24) is 19.6 Å². The van der Waals surface area contributed by atoms with Crippen LogP contribution in [0.4, 0.5) is 10.6 Å². The standard InChI is InChI=1S/C21H27N5O4/c1-21(2,3)30-20(29)25-10-11-26(17-13-24-9-5-4-6-16(24)23-17)19(28)15(25)12-18(27)22-14-7-8-14/h4-6,9,13-15H,7-8,10-12H2,1-3H3,(H,22,27). The molecule has 2 aliphatic rings. The van der Waals surface area contributed by atoms with Crippen molar-refractivity contribution in [3.8, 4) is 0 Å². The van der Waals surface area contributed by atoms with Gasteiger partial charge in [0.15, 0.2) is 5.82 Å². The molecule has 1 aliphatic carbocycles. The molecule has 9 heteroatoms. The Hall–Kier alpha value is -3.10. The number of nitrogens with zero attached hydrogens (tertiary/aromatic N) is 4. The third kappa shape index (κ3) is 4.39. The summed E-state index contributed by atoms with van der Waals surface area (Å²) in [6.45, 7) is 5.86. The van der Waals surface area contributed by atoms with Crippen LogP contribution in [0.2, 0.25) is 0 Å². The number of imidazole rings is 1. The van der Waals surface area contributed by atoms with E-state index in [1.807, 2.05) is 28.8 Å². The average molecular weight is 413 g/mol. The first-order valence-electron chi connectivity index (χ1n) is 10.3. The molecule has 2 fully saturated rings. The van der Waals surface area contributed by atoms with Gasteiger partial charge in [-0.1, -0.05) is 6.07 Å². The van der Waals surface area contributed by atoms with Crippen molar-refractivity contribution < 1.29 is 19.1 Å². The summed E-state index contributed by atoms with van der Waals surface area (Å²) < 4.78 is 7.32. The maximum absolute atomic E-state index is 13.4. The Bertz CT molecular complexity index is 942. The van der Waals surface area contributed by atoms with Gasteiger partial charge in [-0.05, 0) is 45.7 Å². The van der Waals surface area contributed by atoms with Gasteiger partial charge >= 0.3 is 6.09 Å². The second-order valence-corrected chi connectivity index (χ2v) is 8.79. The molecule has 0 radical (unpaired) electrons. The van der Waals surface area contributed by atoms with Crippen LogP contribution in [0.5, 0.6) is 0 Å². The monoisotopic (exact) mass is 413 g/mol. The fraction of sp³-hybridized carbons (Fsp3) is 0.524. The fourth-order valence-electron chi connectivity index (χ4n) is 3.49. The molecule has 2 aromatic rings. The number of nitrogens with one attached hydrogen (secondary N) is 1. The Kier molecular flexibility index (Phi) is 5.13. The van der Waals surface area contributed by atoms with Crippen LogP contribution in [0.15, 0.2) is 30.6 Å². The number of carbonyl (C=O) groups excluding carboxylic acids is 3. The molecule has 9 nitrogen and oxygen atoms in total. The number of fused-ring (bicyclic) bond motifs is 1. The highest BCUT2D eigenvalue weighted by atomic mass is 16.6. The van der Waals surface area contributed by atoms with Gasteiger partial charge in [0.05, 0.1) is 12.6 Å². The maximum Gasteiger partial charge on any atom is 0.411 e. The summed E-state index contributed by atoms with van der Waals surface area (Å²) in [4.78, 5) is 46.0. The van der Waals surface area contributed by atoms with Crippen LogP contribution in [0, 0.1) is 0 Å². The number of hydrogen-bond acceptors (Lipinski definition) is 5. The van der Waals surface area contributed by atoms with E-state index in [1.165, 1.54) is 4.90 Å². The molecule has 3 amide bonds. The highest BCUT2D eigenvalue weighted by molar-refractivity contribution is 6.01. The van der Waals surface area contributed by atoms with Crippen molar-refractivity contribution in [2.24, 2.45) is 0 Å². The lowest BCUT2D eigenvalue weighted by Gasteiger charge is -2.39. The highest BCUT2D eigenvalue weighted by Gasteiger charge is 2.42. The molecular formula is C21H27N5O4. The zero-order valence-corrected chi connectivity index (χ0v) is 17.5. The number of anilines is 1. The Labute approximate surface area is 175 Å². The molecule has 0 bridgehead atoms. The summed E-state index contributed by atoms with van der Waals surface area (Å²) >= 11 is 0. The van der Waals surface area contributed by atoms with Crippen molar-refractivity contribution in [2.75, 3.05) is 18.0 Å². The lowest BCUT2D eigenvalue weighted by molar-refractivity contribution is -0.131. The second-order valence-electron chi connectivity index (χ2n) is 8.79. The van der Waals surface area contributed by atoms with Gasteiger partial charge in [-0.15, -0.1) is 0 Å². The first kappa shape index (κ1) is 20.2. The third-order valence-corrected chi connectivity index (χ3v) is 5.07. The van der Waals surface area contributed by atoms with Crippen molar-refractivity contribution in [1.29, 1.82) is 0 Å². The molecule has 1 N–H and O–H groups in total. The summed E-state index contributed by atoms with van der Waals surface area (Å²) in [5.74, 6) is -0.0645. The van der Waals surface area contributed by atoms with Crippen molar-refractivity contribution >= 4 is 29.4 Å². The molecule has 0 aromatic carbocycles. The molecule has 1 atom stereocenters. The lowest BCUT2D eigenvalue weighted by Crippen LogP contribution is -2.60. The van der Waals surface area contributed by atoms with E-state index in [2.05, 4.69) is 10.3 Å². The Balaban J connectivity index is 1.57. The number of amides is 3. The van der Waals surface area contributed by atoms with Crippen LogP contribution in [0.1, 0.15) is 40.0 Å². The second kappa shape index (κ2) is 7.62. The minimum atomic E-state index is -0.933. The van der Waals surface area contributed by atoms with E-state index < -0.39 is 17.7 Å². The van der Waals surface area contributed by atoms with Crippen molar-refractivity contribution in [3.05, 3.63) is 30.6 Å². The van der Waals surface area contributed by atoms with Gasteiger partial charge in [-0.25, -0.2) is 9.78 Å². The predicted molar refractivity (Wildman–Crippen MR) is 110 cm³/mol. The van der Waals surface area contributed by atoms with Crippen molar-refractivity contribution in [2.45, 2.75) is 57.7 Å². The first-order chi connectivity index (χ1) is 14.2. The SMILES string of the molecule is CC(C)(C)OC(=O)N1CCN(c2cn3ccccc3n2)C(=O)C1CC(=O)NC1CC1. The molecular weight excluding hydrogens is 386 g/mol. The van der Waals surface area contributed by atoms with Gasteiger partial charge in [0.1, 0.15) is 17.3 Å². The van der Waals surface area contributed by atoms with Gasteiger partial charge in [0.25, 0.3) is 5.91 Å². The van der Waals surface area contributed by atoms with Gasteiger partial charge < -0.3 is 14.5 Å². The molecule has 3 heterocycles. The van der Waals surface area contributed by atoms with Crippen LogP contribution in [0.25, 0.3) is 5.65 Å². The summed E-state index contributed by atoms with van der Waals surface area (Å²) in [5.41, 5.74) is 0.0255. The molecule has 160 valence electrons. The lowest BCUT2D eigenvalue weighted by atomic mass is 10.1. The van der Waals surface area contributed by atoms with Crippen LogP contribution >= 0.6 is 0 Å². The number of piperazine rings is 1. The number of hydrogen-bond donors (Lipinski definition) is 1. The molecule has 1 saturated carbocycles. The topological polar surface area (TPSA) is 96.2 Å². The van der Waals surface area contributed by atoms with Crippen LogP contribution < -0.4 is 10.2 Å². The Morgan fingerprint density at radius 1 is 1.23 bits per heavy atom. The minimum absolute atomic E-state index is 0.0988. The molecule has 4 rings (SSSR count). The number of rotatable bonds is 4. The quantitative estimate of drug-likeness (QED) is 0.827. The van der Waals surface area contributed by atoms with E-state index in [-0.39, 0.29) is 37.4 Å². The molecule has 1 saturated heterocycles. The van der Waals surface area contributed by atoms with E-state index in [1.54, 1.807) is 31.9 Å². The normalized spacial score (nSPS) is 19.8. The number of aromatic nitrogens is 2.